The summed E-state index contributed by atoms with van der Waals surface area (Å²) in [5.74, 6) is -0.497. The normalized spacial score (nSPS) is 14.7. The van der Waals surface area contributed by atoms with E-state index in [0.29, 0.717) is 23.5 Å². The largest absolute Gasteiger partial charge is 0.493 e. The molecule has 0 aliphatic carbocycles. The van der Waals surface area contributed by atoms with Gasteiger partial charge in [-0.1, -0.05) is 15.9 Å². The van der Waals surface area contributed by atoms with Gasteiger partial charge in [0.15, 0.2) is 0 Å². The predicted octanol–water partition coefficient (Wildman–Crippen LogP) is 4.02. The van der Waals surface area contributed by atoms with E-state index in [-0.39, 0.29) is 5.56 Å². The third-order valence-electron chi connectivity index (χ3n) is 3.73. The first-order valence-corrected chi connectivity index (χ1v) is 7.43. The Kier molecular flexibility index (Phi) is 3.71. The molecule has 2 nitrogen and oxygen atoms in total. The number of rotatable bonds is 2. The summed E-state index contributed by atoms with van der Waals surface area (Å²) in [6.45, 7) is 2.18. The molecule has 1 heterocycles. The number of fused-ring (bicyclic) bond motifs is 1. The third kappa shape index (κ3) is 2.56. The standard InChI is InChI=1S/C16H14BrF2NO/c1-8-4-11(14(19)7-13(8)18)15(20)12-6-10(17)5-9-2-3-21-16(9)12/h4-7,15H,2-3,20H2,1H3. The second-order valence-corrected chi connectivity index (χ2v) is 6.10. The summed E-state index contributed by atoms with van der Waals surface area (Å²) < 4.78 is 33.9. The lowest BCUT2D eigenvalue weighted by Gasteiger charge is -2.18. The first-order valence-electron chi connectivity index (χ1n) is 6.63. The zero-order valence-corrected chi connectivity index (χ0v) is 13.0. The molecule has 0 saturated heterocycles. The van der Waals surface area contributed by atoms with Crippen molar-refractivity contribution < 1.29 is 13.5 Å². The summed E-state index contributed by atoms with van der Waals surface area (Å²) in [7, 11) is 0. The van der Waals surface area contributed by atoms with Crippen LogP contribution in [0.1, 0.15) is 28.3 Å². The van der Waals surface area contributed by atoms with Crippen molar-refractivity contribution in [1.29, 1.82) is 0 Å². The van der Waals surface area contributed by atoms with Gasteiger partial charge in [0, 0.05) is 28.1 Å². The number of hydrogen-bond acceptors (Lipinski definition) is 2. The Hall–Kier alpha value is -1.46. The van der Waals surface area contributed by atoms with Gasteiger partial charge in [-0.3, -0.25) is 0 Å². The molecular formula is C16H14BrF2NO. The van der Waals surface area contributed by atoms with Gasteiger partial charge in [-0.25, -0.2) is 8.78 Å². The van der Waals surface area contributed by atoms with Crippen molar-refractivity contribution in [2.75, 3.05) is 6.61 Å². The van der Waals surface area contributed by atoms with Gasteiger partial charge in [-0.05, 0) is 36.2 Å². The van der Waals surface area contributed by atoms with Gasteiger partial charge in [0.05, 0.1) is 12.6 Å². The Labute approximate surface area is 130 Å². The van der Waals surface area contributed by atoms with Gasteiger partial charge >= 0.3 is 0 Å². The lowest BCUT2D eigenvalue weighted by molar-refractivity contribution is 0.352. The summed E-state index contributed by atoms with van der Waals surface area (Å²) in [5.41, 5.74) is 8.61. The Bertz CT molecular complexity index is 718. The van der Waals surface area contributed by atoms with Crippen molar-refractivity contribution in [3.8, 4) is 5.75 Å². The summed E-state index contributed by atoms with van der Waals surface area (Å²) in [5, 5.41) is 0. The number of benzene rings is 2. The summed E-state index contributed by atoms with van der Waals surface area (Å²) in [4.78, 5) is 0. The van der Waals surface area contributed by atoms with Crippen LogP contribution in [0.5, 0.6) is 5.75 Å². The molecule has 110 valence electrons. The van der Waals surface area contributed by atoms with Gasteiger partial charge in [0.2, 0.25) is 0 Å². The van der Waals surface area contributed by atoms with Gasteiger partial charge in [-0.2, -0.15) is 0 Å². The van der Waals surface area contributed by atoms with E-state index in [1.165, 1.54) is 6.07 Å². The zero-order chi connectivity index (χ0) is 15.1. The van der Waals surface area contributed by atoms with Gasteiger partial charge in [-0.15, -0.1) is 0 Å². The number of aryl methyl sites for hydroxylation is 1. The fourth-order valence-electron chi connectivity index (χ4n) is 2.61. The fraction of sp³-hybridized carbons (Fsp3) is 0.250. The predicted molar refractivity (Wildman–Crippen MR) is 80.5 cm³/mol. The molecule has 1 aliphatic heterocycles. The van der Waals surface area contributed by atoms with E-state index in [1.807, 2.05) is 12.1 Å². The highest BCUT2D eigenvalue weighted by molar-refractivity contribution is 9.10. The fourth-order valence-corrected chi connectivity index (χ4v) is 3.14. The van der Waals surface area contributed by atoms with Crippen LogP contribution in [-0.4, -0.2) is 6.61 Å². The molecule has 21 heavy (non-hydrogen) atoms. The maximum Gasteiger partial charge on any atom is 0.131 e. The molecule has 0 spiro atoms. The van der Waals surface area contributed by atoms with Crippen molar-refractivity contribution in [2.45, 2.75) is 19.4 Å². The van der Waals surface area contributed by atoms with E-state index < -0.39 is 17.7 Å². The number of hydrogen-bond donors (Lipinski definition) is 1. The summed E-state index contributed by atoms with van der Waals surface area (Å²) in [6, 6.07) is 5.44. The molecule has 2 aromatic rings. The molecule has 5 heteroatoms. The molecule has 2 aromatic carbocycles. The van der Waals surface area contributed by atoms with E-state index >= 15 is 0 Å². The molecule has 3 rings (SSSR count). The monoisotopic (exact) mass is 353 g/mol. The smallest absolute Gasteiger partial charge is 0.131 e. The molecule has 0 fully saturated rings. The molecular weight excluding hydrogens is 340 g/mol. The van der Waals surface area contributed by atoms with Crippen LogP contribution in [0.4, 0.5) is 8.78 Å². The van der Waals surface area contributed by atoms with Crippen molar-refractivity contribution >= 4 is 15.9 Å². The minimum absolute atomic E-state index is 0.268. The molecule has 1 atom stereocenters. The quantitative estimate of drug-likeness (QED) is 0.884. The molecule has 0 radical (unpaired) electrons. The average Bonchev–Trinajstić information content (AvgIpc) is 2.89. The minimum Gasteiger partial charge on any atom is -0.493 e. The SMILES string of the molecule is Cc1cc(C(N)c2cc(Br)cc3c2OCC3)c(F)cc1F. The van der Waals surface area contributed by atoms with E-state index in [9.17, 15) is 8.78 Å². The third-order valence-corrected chi connectivity index (χ3v) is 4.18. The topological polar surface area (TPSA) is 35.2 Å². The lowest BCUT2D eigenvalue weighted by Crippen LogP contribution is -2.15. The van der Waals surface area contributed by atoms with E-state index in [0.717, 1.165) is 22.5 Å². The van der Waals surface area contributed by atoms with E-state index in [2.05, 4.69) is 15.9 Å². The van der Waals surface area contributed by atoms with Crippen LogP contribution in [0.3, 0.4) is 0 Å². The Morgan fingerprint density at radius 1 is 1.14 bits per heavy atom. The Balaban J connectivity index is 2.11. The highest BCUT2D eigenvalue weighted by atomic mass is 79.9. The number of halogens is 3. The van der Waals surface area contributed by atoms with Crippen LogP contribution in [0.2, 0.25) is 0 Å². The summed E-state index contributed by atoms with van der Waals surface area (Å²) in [6.07, 6.45) is 0.805. The van der Waals surface area contributed by atoms with E-state index in [4.69, 9.17) is 10.5 Å². The minimum atomic E-state index is -0.700. The zero-order valence-electron chi connectivity index (χ0n) is 11.4. The van der Waals surface area contributed by atoms with Crippen LogP contribution in [-0.2, 0) is 6.42 Å². The lowest BCUT2D eigenvalue weighted by atomic mass is 9.95. The molecule has 2 N–H and O–H groups in total. The first-order chi connectivity index (χ1) is 9.97. The molecule has 1 aliphatic rings. The second-order valence-electron chi connectivity index (χ2n) is 5.18. The van der Waals surface area contributed by atoms with Crippen molar-refractivity contribution in [3.05, 3.63) is 62.6 Å². The average molecular weight is 354 g/mol. The van der Waals surface area contributed by atoms with Crippen LogP contribution < -0.4 is 10.5 Å². The van der Waals surface area contributed by atoms with E-state index in [1.54, 1.807) is 6.92 Å². The highest BCUT2D eigenvalue weighted by Gasteiger charge is 2.24. The molecule has 0 aromatic heterocycles. The van der Waals surface area contributed by atoms with Gasteiger partial charge < -0.3 is 10.5 Å². The second kappa shape index (κ2) is 5.39. The van der Waals surface area contributed by atoms with Crippen LogP contribution in [0, 0.1) is 18.6 Å². The Morgan fingerprint density at radius 2 is 1.90 bits per heavy atom. The number of ether oxygens (including phenoxy) is 1. The summed E-state index contributed by atoms with van der Waals surface area (Å²) >= 11 is 3.44. The van der Waals surface area contributed by atoms with Crippen molar-refractivity contribution in [1.82, 2.24) is 0 Å². The molecule has 1 unspecified atom stereocenters. The molecule has 0 saturated carbocycles. The van der Waals surface area contributed by atoms with Crippen molar-refractivity contribution in [2.24, 2.45) is 5.73 Å². The Morgan fingerprint density at radius 3 is 2.67 bits per heavy atom. The van der Waals surface area contributed by atoms with Crippen LogP contribution in [0.25, 0.3) is 0 Å². The molecule has 0 amide bonds. The van der Waals surface area contributed by atoms with Gasteiger partial charge in [0.25, 0.3) is 0 Å². The first kappa shape index (κ1) is 14.5. The maximum atomic E-state index is 14.0. The van der Waals surface area contributed by atoms with Crippen LogP contribution in [0.15, 0.2) is 28.7 Å². The maximum absolute atomic E-state index is 14.0. The number of nitrogens with two attached hydrogens (primary N) is 1. The van der Waals surface area contributed by atoms with Crippen LogP contribution >= 0.6 is 15.9 Å². The molecule has 0 bridgehead atoms. The van der Waals surface area contributed by atoms with Gasteiger partial charge in [0.1, 0.15) is 17.4 Å². The van der Waals surface area contributed by atoms with Crippen molar-refractivity contribution in [3.63, 3.8) is 0 Å². The highest BCUT2D eigenvalue weighted by Crippen LogP contribution is 2.38.